The van der Waals surface area contributed by atoms with Gasteiger partial charge in [-0.3, -0.25) is 4.79 Å². The topological polar surface area (TPSA) is 77.0 Å². The molecular formula is C22H22F3N3O3S. The number of Topliss-reactive ketones (excluding diaryl/α,β-unsaturated/α-hetero) is 1. The number of hydrogen-bond acceptors (Lipinski definition) is 5. The number of benzene rings is 1. The lowest BCUT2D eigenvalue weighted by atomic mass is 10.1. The van der Waals surface area contributed by atoms with E-state index < -0.39 is 23.9 Å². The Bertz CT molecular complexity index is 1140. The van der Waals surface area contributed by atoms with Crippen molar-refractivity contribution in [2.24, 2.45) is 0 Å². The fourth-order valence-corrected chi connectivity index (χ4v) is 4.39. The summed E-state index contributed by atoms with van der Waals surface area (Å²) in [5, 5.41) is -0.675. The molecule has 3 rings (SSSR count). The SMILES string of the molecule is COC(=O)c1c(C)[nH]c(C(=O)C(C)Sc2ncc(-c3ccccc3)n2CC(F)(F)F)c1C. The number of ketones is 1. The number of hydrogen-bond donors (Lipinski definition) is 1. The zero-order valence-electron chi connectivity index (χ0n) is 17.9. The second-order valence-electron chi connectivity index (χ2n) is 7.23. The van der Waals surface area contributed by atoms with Gasteiger partial charge in [0.2, 0.25) is 0 Å². The smallest absolute Gasteiger partial charge is 0.406 e. The van der Waals surface area contributed by atoms with E-state index in [4.69, 9.17) is 4.74 Å². The summed E-state index contributed by atoms with van der Waals surface area (Å²) in [5.74, 6) is -0.919. The minimum absolute atomic E-state index is 0.0798. The summed E-state index contributed by atoms with van der Waals surface area (Å²) in [7, 11) is 1.25. The Labute approximate surface area is 187 Å². The van der Waals surface area contributed by atoms with Crippen molar-refractivity contribution >= 4 is 23.5 Å². The van der Waals surface area contributed by atoms with Gasteiger partial charge in [-0.05, 0) is 31.9 Å². The second kappa shape index (κ2) is 9.23. The number of imidazole rings is 1. The van der Waals surface area contributed by atoms with E-state index in [2.05, 4.69) is 9.97 Å². The van der Waals surface area contributed by atoms with E-state index >= 15 is 0 Å². The molecular weight excluding hydrogens is 443 g/mol. The Morgan fingerprint density at radius 2 is 1.88 bits per heavy atom. The maximum atomic E-state index is 13.3. The minimum atomic E-state index is -4.46. The average Bonchev–Trinajstić information content (AvgIpc) is 3.26. The molecule has 3 aromatic rings. The van der Waals surface area contributed by atoms with E-state index in [1.165, 1.54) is 13.3 Å². The van der Waals surface area contributed by atoms with Crippen LogP contribution in [0.25, 0.3) is 11.3 Å². The molecule has 0 amide bonds. The first-order chi connectivity index (χ1) is 15.0. The Kier molecular flexibility index (Phi) is 6.82. The third-order valence-electron chi connectivity index (χ3n) is 4.95. The minimum Gasteiger partial charge on any atom is -0.465 e. The van der Waals surface area contributed by atoms with Crippen molar-refractivity contribution in [2.45, 2.75) is 43.9 Å². The number of halogens is 3. The normalized spacial score (nSPS) is 12.6. The molecule has 1 unspecified atom stereocenters. The van der Waals surface area contributed by atoms with Gasteiger partial charge in [-0.15, -0.1) is 0 Å². The van der Waals surface area contributed by atoms with Crippen molar-refractivity contribution in [3.05, 3.63) is 59.0 Å². The molecule has 2 aromatic heterocycles. The quantitative estimate of drug-likeness (QED) is 0.295. The maximum absolute atomic E-state index is 13.3. The lowest BCUT2D eigenvalue weighted by Gasteiger charge is -2.16. The monoisotopic (exact) mass is 465 g/mol. The van der Waals surface area contributed by atoms with Gasteiger partial charge in [-0.1, -0.05) is 42.1 Å². The van der Waals surface area contributed by atoms with Crippen LogP contribution in [0.1, 0.15) is 39.0 Å². The molecule has 0 saturated heterocycles. The van der Waals surface area contributed by atoms with Gasteiger partial charge in [-0.2, -0.15) is 13.2 Å². The van der Waals surface area contributed by atoms with Gasteiger partial charge >= 0.3 is 12.1 Å². The largest absolute Gasteiger partial charge is 0.465 e. The predicted molar refractivity (Wildman–Crippen MR) is 115 cm³/mol. The molecule has 1 atom stereocenters. The number of rotatable bonds is 7. The zero-order chi connectivity index (χ0) is 23.6. The summed E-state index contributed by atoms with van der Waals surface area (Å²) in [5.41, 5.74) is 2.33. The second-order valence-corrected chi connectivity index (χ2v) is 8.54. The number of aromatic amines is 1. The van der Waals surface area contributed by atoms with Gasteiger partial charge in [0, 0.05) is 5.69 Å². The van der Waals surface area contributed by atoms with Gasteiger partial charge < -0.3 is 14.3 Å². The van der Waals surface area contributed by atoms with Crippen LogP contribution in [-0.2, 0) is 11.3 Å². The third kappa shape index (κ3) is 4.90. The molecule has 0 aliphatic rings. The number of alkyl halides is 3. The van der Waals surface area contributed by atoms with Crippen molar-refractivity contribution in [3.8, 4) is 11.3 Å². The highest BCUT2D eigenvalue weighted by atomic mass is 32.2. The highest BCUT2D eigenvalue weighted by Gasteiger charge is 2.32. The van der Waals surface area contributed by atoms with Crippen molar-refractivity contribution in [2.75, 3.05) is 7.11 Å². The molecule has 2 heterocycles. The number of esters is 1. The van der Waals surface area contributed by atoms with E-state index in [9.17, 15) is 22.8 Å². The Morgan fingerprint density at radius 3 is 2.47 bits per heavy atom. The lowest BCUT2D eigenvalue weighted by molar-refractivity contribution is -0.141. The number of aromatic nitrogens is 3. The summed E-state index contributed by atoms with van der Waals surface area (Å²) in [6.45, 7) is 3.64. The van der Waals surface area contributed by atoms with E-state index in [0.29, 0.717) is 22.5 Å². The van der Waals surface area contributed by atoms with E-state index in [-0.39, 0.29) is 22.2 Å². The number of methoxy groups -OCH3 is 1. The molecule has 0 bridgehead atoms. The summed E-state index contributed by atoms with van der Waals surface area (Å²) < 4.78 is 45.7. The molecule has 170 valence electrons. The fraction of sp³-hybridized carbons (Fsp3) is 0.318. The lowest BCUT2D eigenvalue weighted by Crippen LogP contribution is -2.21. The molecule has 0 spiro atoms. The highest BCUT2D eigenvalue weighted by Crippen LogP contribution is 2.33. The van der Waals surface area contributed by atoms with Crippen LogP contribution in [0, 0.1) is 13.8 Å². The fourth-order valence-electron chi connectivity index (χ4n) is 3.44. The van der Waals surface area contributed by atoms with Crippen LogP contribution >= 0.6 is 11.8 Å². The van der Waals surface area contributed by atoms with Gasteiger partial charge in [0.05, 0.1) is 35.5 Å². The number of nitrogens with one attached hydrogen (secondary N) is 1. The molecule has 6 nitrogen and oxygen atoms in total. The first-order valence-electron chi connectivity index (χ1n) is 9.69. The van der Waals surface area contributed by atoms with Crippen LogP contribution in [0.2, 0.25) is 0 Å². The molecule has 10 heteroatoms. The molecule has 0 radical (unpaired) electrons. The predicted octanol–water partition coefficient (Wildman–Crippen LogP) is 5.21. The maximum Gasteiger partial charge on any atom is 0.406 e. The molecule has 1 aromatic carbocycles. The zero-order valence-corrected chi connectivity index (χ0v) is 18.7. The number of carbonyl (C=O) groups excluding carboxylic acids is 2. The van der Waals surface area contributed by atoms with Gasteiger partial charge in [0.25, 0.3) is 0 Å². The Balaban J connectivity index is 1.93. The van der Waals surface area contributed by atoms with E-state index in [0.717, 1.165) is 16.3 Å². The number of ether oxygens (including phenoxy) is 1. The van der Waals surface area contributed by atoms with Crippen molar-refractivity contribution in [1.82, 2.24) is 14.5 Å². The third-order valence-corrected chi connectivity index (χ3v) is 6.06. The van der Waals surface area contributed by atoms with Crippen molar-refractivity contribution in [1.29, 1.82) is 0 Å². The van der Waals surface area contributed by atoms with Crippen LogP contribution in [0.4, 0.5) is 13.2 Å². The van der Waals surface area contributed by atoms with Gasteiger partial charge in [-0.25, -0.2) is 9.78 Å². The van der Waals surface area contributed by atoms with E-state index in [1.54, 1.807) is 51.1 Å². The number of H-pyrrole nitrogens is 1. The van der Waals surface area contributed by atoms with Crippen molar-refractivity contribution in [3.63, 3.8) is 0 Å². The summed E-state index contributed by atoms with van der Waals surface area (Å²) in [4.78, 5) is 32.1. The van der Waals surface area contributed by atoms with Crippen LogP contribution in [0.15, 0.2) is 41.7 Å². The number of carbonyl (C=O) groups is 2. The molecule has 0 aliphatic carbocycles. The van der Waals surface area contributed by atoms with Gasteiger partial charge in [0.1, 0.15) is 6.54 Å². The molecule has 32 heavy (non-hydrogen) atoms. The van der Waals surface area contributed by atoms with Crippen molar-refractivity contribution < 1.29 is 27.5 Å². The summed E-state index contributed by atoms with van der Waals surface area (Å²) in [6, 6.07) is 8.63. The first-order valence-corrected chi connectivity index (χ1v) is 10.6. The Hall–Kier alpha value is -3.01. The standard InChI is InChI=1S/C22H22F3N3O3S/c1-12-17(20(30)31-4)13(2)27-18(12)19(29)14(3)32-21-26-10-16(15-8-6-5-7-9-15)28(21)11-22(23,24)25/h5-10,14,27H,11H2,1-4H3. The van der Waals surface area contributed by atoms with Gasteiger partial charge in [0.15, 0.2) is 10.9 Å². The van der Waals surface area contributed by atoms with Crippen LogP contribution in [0.3, 0.4) is 0 Å². The van der Waals surface area contributed by atoms with Crippen LogP contribution < -0.4 is 0 Å². The number of aryl methyl sites for hydroxylation is 1. The number of nitrogens with zero attached hydrogens (tertiary/aromatic N) is 2. The summed E-state index contributed by atoms with van der Waals surface area (Å²) >= 11 is 0.933. The van der Waals surface area contributed by atoms with Crippen LogP contribution in [-0.4, -0.2) is 44.8 Å². The summed E-state index contributed by atoms with van der Waals surface area (Å²) in [6.07, 6.45) is -3.09. The molecule has 0 fully saturated rings. The molecule has 1 N–H and O–H groups in total. The van der Waals surface area contributed by atoms with Crippen LogP contribution in [0.5, 0.6) is 0 Å². The highest BCUT2D eigenvalue weighted by molar-refractivity contribution is 8.00. The first kappa shape index (κ1) is 23.6. The van der Waals surface area contributed by atoms with E-state index in [1.807, 2.05) is 0 Å². The number of thioether (sulfide) groups is 1. The molecule has 0 saturated carbocycles. The Morgan fingerprint density at radius 1 is 1.22 bits per heavy atom. The average molecular weight is 465 g/mol. The molecule has 0 aliphatic heterocycles.